The van der Waals surface area contributed by atoms with E-state index in [1.165, 1.54) is 0 Å². The zero-order chi connectivity index (χ0) is 7.84. The topological polar surface area (TPSA) is 46.0 Å². The number of nitrogens with one attached hydrogen (secondary N) is 1. The van der Waals surface area contributed by atoms with Gasteiger partial charge in [-0.15, -0.1) is 0 Å². The second-order valence-corrected chi connectivity index (χ2v) is 2.50. The molecule has 0 saturated carbocycles. The van der Waals surface area contributed by atoms with Crippen LogP contribution in [0.15, 0.2) is 16.5 Å². The standard InChI is InChI=1S/C8H7NO2/c1-5-2-8-7(9-5)3-6(4-10)11-8/h2-4,9H,1H3. The SMILES string of the molecule is Cc1cc2oc(C=O)cc2[nH]1. The fourth-order valence-corrected chi connectivity index (χ4v) is 1.13. The molecule has 0 saturated heterocycles. The molecule has 0 unspecified atom stereocenters. The zero-order valence-corrected chi connectivity index (χ0v) is 6.05. The number of hydrogen-bond donors (Lipinski definition) is 1. The fraction of sp³-hybridized carbons (Fsp3) is 0.125. The van der Waals surface area contributed by atoms with E-state index in [1.807, 2.05) is 13.0 Å². The molecule has 0 bridgehead atoms. The quantitative estimate of drug-likeness (QED) is 0.629. The number of carbonyl (C=O) groups is 1. The fourth-order valence-electron chi connectivity index (χ4n) is 1.13. The van der Waals surface area contributed by atoms with Crippen molar-refractivity contribution in [3.05, 3.63) is 23.6 Å². The average molecular weight is 149 g/mol. The number of fused-ring (bicyclic) bond motifs is 1. The van der Waals surface area contributed by atoms with Crippen molar-refractivity contribution >= 4 is 17.4 Å². The van der Waals surface area contributed by atoms with Crippen molar-refractivity contribution in [2.24, 2.45) is 0 Å². The normalized spacial score (nSPS) is 10.6. The molecular weight excluding hydrogens is 142 g/mol. The molecule has 1 N–H and O–H groups in total. The molecule has 2 rings (SSSR count). The average Bonchev–Trinajstić information content (AvgIpc) is 2.43. The number of aryl methyl sites for hydroxylation is 1. The lowest BCUT2D eigenvalue weighted by Gasteiger charge is -1.77. The van der Waals surface area contributed by atoms with E-state index in [4.69, 9.17) is 4.42 Å². The van der Waals surface area contributed by atoms with Gasteiger partial charge in [0.2, 0.25) is 0 Å². The highest BCUT2D eigenvalue weighted by Gasteiger charge is 2.03. The highest BCUT2D eigenvalue weighted by molar-refractivity contribution is 5.83. The molecule has 0 spiro atoms. The van der Waals surface area contributed by atoms with Gasteiger partial charge in [-0.25, -0.2) is 0 Å². The van der Waals surface area contributed by atoms with Crippen molar-refractivity contribution < 1.29 is 9.21 Å². The van der Waals surface area contributed by atoms with Gasteiger partial charge in [0.05, 0.1) is 5.52 Å². The van der Waals surface area contributed by atoms with Crippen LogP contribution < -0.4 is 0 Å². The number of aromatic amines is 1. The van der Waals surface area contributed by atoms with E-state index in [-0.39, 0.29) is 0 Å². The van der Waals surface area contributed by atoms with E-state index in [0.29, 0.717) is 12.0 Å². The molecule has 3 nitrogen and oxygen atoms in total. The van der Waals surface area contributed by atoms with Crippen LogP contribution in [0.3, 0.4) is 0 Å². The minimum absolute atomic E-state index is 0.367. The molecule has 0 aliphatic heterocycles. The van der Waals surface area contributed by atoms with E-state index in [2.05, 4.69) is 4.98 Å². The summed E-state index contributed by atoms with van der Waals surface area (Å²) >= 11 is 0. The molecule has 0 fully saturated rings. The Labute approximate surface area is 63.0 Å². The minimum Gasteiger partial charge on any atom is -0.452 e. The van der Waals surface area contributed by atoms with Crippen molar-refractivity contribution in [2.75, 3.05) is 0 Å². The molecule has 3 heteroatoms. The summed E-state index contributed by atoms with van der Waals surface area (Å²) in [5, 5.41) is 0. The van der Waals surface area contributed by atoms with Crippen molar-refractivity contribution in [1.82, 2.24) is 4.98 Å². The van der Waals surface area contributed by atoms with Gasteiger partial charge >= 0.3 is 0 Å². The van der Waals surface area contributed by atoms with E-state index in [9.17, 15) is 4.79 Å². The van der Waals surface area contributed by atoms with Gasteiger partial charge in [-0.1, -0.05) is 0 Å². The van der Waals surface area contributed by atoms with E-state index < -0.39 is 0 Å². The van der Waals surface area contributed by atoms with E-state index in [0.717, 1.165) is 16.8 Å². The van der Waals surface area contributed by atoms with Gasteiger partial charge in [0.1, 0.15) is 0 Å². The Bertz CT molecular complexity index is 366. The third-order valence-corrected chi connectivity index (χ3v) is 1.58. The Hall–Kier alpha value is -1.51. The first-order valence-electron chi connectivity index (χ1n) is 3.34. The molecule has 2 heterocycles. The summed E-state index contributed by atoms with van der Waals surface area (Å²) in [6.45, 7) is 1.94. The van der Waals surface area contributed by atoms with Crippen LogP contribution >= 0.6 is 0 Å². The number of rotatable bonds is 1. The van der Waals surface area contributed by atoms with Gasteiger partial charge < -0.3 is 9.40 Å². The van der Waals surface area contributed by atoms with Gasteiger partial charge in [-0.3, -0.25) is 4.79 Å². The van der Waals surface area contributed by atoms with Crippen LogP contribution in [0.4, 0.5) is 0 Å². The molecule has 0 aromatic carbocycles. The van der Waals surface area contributed by atoms with Crippen LogP contribution in [0.5, 0.6) is 0 Å². The lowest BCUT2D eigenvalue weighted by atomic mass is 10.4. The first-order valence-corrected chi connectivity index (χ1v) is 3.34. The van der Waals surface area contributed by atoms with E-state index in [1.54, 1.807) is 6.07 Å². The smallest absolute Gasteiger partial charge is 0.185 e. The lowest BCUT2D eigenvalue weighted by Crippen LogP contribution is -1.70. The number of carbonyl (C=O) groups excluding carboxylic acids is 1. The highest BCUT2D eigenvalue weighted by Crippen LogP contribution is 2.18. The summed E-state index contributed by atoms with van der Waals surface area (Å²) in [5.41, 5.74) is 2.66. The Morgan fingerprint density at radius 3 is 3.00 bits per heavy atom. The summed E-state index contributed by atoms with van der Waals surface area (Å²) in [6.07, 6.45) is 0.698. The second-order valence-electron chi connectivity index (χ2n) is 2.50. The van der Waals surface area contributed by atoms with Crippen LogP contribution in [0, 0.1) is 6.92 Å². The summed E-state index contributed by atoms with van der Waals surface area (Å²) in [4.78, 5) is 13.3. The first kappa shape index (κ1) is 6.22. The monoisotopic (exact) mass is 149 g/mol. The van der Waals surface area contributed by atoms with Crippen LogP contribution in [0.2, 0.25) is 0 Å². The predicted molar refractivity (Wildman–Crippen MR) is 40.7 cm³/mol. The number of furan rings is 1. The molecule has 2 aromatic heterocycles. The van der Waals surface area contributed by atoms with Gasteiger partial charge in [0.25, 0.3) is 0 Å². The Balaban J connectivity index is 2.72. The molecule has 0 radical (unpaired) electrons. The number of aldehydes is 1. The summed E-state index contributed by atoms with van der Waals surface area (Å²) in [7, 11) is 0. The Morgan fingerprint density at radius 1 is 1.55 bits per heavy atom. The maximum Gasteiger partial charge on any atom is 0.185 e. The van der Waals surface area contributed by atoms with Gasteiger partial charge in [0, 0.05) is 17.8 Å². The van der Waals surface area contributed by atoms with Crippen molar-refractivity contribution in [2.45, 2.75) is 6.92 Å². The lowest BCUT2D eigenvalue weighted by molar-refractivity contribution is 0.110. The number of hydrogen-bond acceptors (Lipinski definition) is 2. The second kappa shape index (κ2) is 1.99. The van der Waals surface area contributed by atoms with Crippen molar-refractivity contribution in [3.63, 3.8) is 0 Å². The minimum atomic E-state index is 0.367. The molecule has 0 aliphatic carbocycles. The molecule has 11 heavy (non-hydrogen) atoms. The number of aromatic nitrogens is 1. The number of H-pyrrole nitrogens is 1. The van der Waals surface area contributed by atoms with Crippen LogP contribution in [0.25, 0.3) is 11.1 Å². The molecule has 0 aliphatic rings. The molecule has 2 aromatic rings. The van der Waals surface area contributed by atoms with Crippen molar-refractivity contribution in [1.29, 1.82) is 0 Å². The van der Waals surface area contributed by atoms with Crippen molar-refractivity contribution in [3.8, 4) is 0 Å². The highest BCUT2D eigenvalue weighted by atomic mass is 16.3. The summed E-state index contributed by atoms with van der Waals surface area (Å²) < 4.78 is 5.14. The third-order valence-electron chi connectivity index (χ3n) is 1.58. The third kappa shape index (κ3) is 0.852. The first-order chi connectivity index (χ1) is 5.29. The van der Waals surface area contributed by atoms with Crippen LogP contribution in [-0.2, 0) is 0 Å². The van der Waals surface area contributed by atoms with Crippen LogP contribution in [-0.4, -0.2) is 11.3 Å². The molecule has 0 amide bonds. The van der Waals surface area contributed by atoms with Gasteiger partial charge in [-0.2, -0.15) is 0 Å². The van der Waals surface area contributed by atoms with Crippen LogP contribution in [0.1, 0.15) is 16.2 Å². The summed E-state index contributed by atoms with van der Waals surface area (Å²) in [5.74, 6) is 0.367. The molecule has 0 atom stereocenters. The maximum atomic E-state index is 10.3. The maximum absolute atomic E-state index is 10.3. The van der Waals surface area contributed by atoms with Gasteiger partial charge in [0.15, 0.2) is 17.6 Å². The largest absolute Gasteiger partial charge is 0.452 e. The Morgan fingerprint density at radius 2 is 2.36 bits per heavy atom. The van der Waals surface area contributed by atoms with E-state index >= 15 is 0 Å². The zero-order valence-electron chi connectivity index (χ0n) is 6.05. The van der Waals surface area contributed by atoms with Gasteiger partial charge in [-0.05, 0) is 6.92 Å². The summed E-state index contributed by atoms with van der Waals surface area (Å²) in [6, 6.07) is 3.55. The molecule has 56 valence electrons. The Kier molecular flexibility index (Phi) is 1.12. The molecular formula is C8H7NO2. The predicted octanol–water partition coefficient (Wildman–Crippen LogP) is 1.88.